The maximum Gasteiger partial charge on any atom is 0.0471 e. The van der Waals surface area contributed by atoms with E-state index in [4.69, 9.17) is 0 Å². The smallest absolute Gasteiger partial charge is 0.0471 e. The number of aromatic amines is 1. The lowest BCUT2D eigenvalue weighted by atomic mass is 9.88. The number of para-hydroxylation sites is 1. The summed E-state index contributed by atoms with van der Waals surface area (Å²) < 4.78 is 0. The monoisotopic (exact) mass is 794 g/mol. The van der Waals surface area contributed by atoms with Gasteiger partial charge < -0.3 is 9.88 Å². The fraction of sp³-hybridized carbons (Fsp3) is 0.0667. The van der Waals surface area contributed by atoms with Gasteiger partial charge in [0.05, 0.1) is 0 Å². The minimum Gasteiger partial charge on any atom is -0.354 e. The van der Waals surface area contributed by atoms with Gasteiger partial charge in [-0.3, -0.25) is 0 Å². The Morgan fingerprint density at radius 3 is 1.82 bits per heavy atom. The minimum absolute atomic E-state index is 0.406. The summed E-state index contributed by atoms with van der Waals surface area (Å²) in [6, 6.07) is 73.2. The molecule has 0 bridgehead atoms. The average Bonchev–Trinajstić information content (AvgIpc) is 3.74. The number of nitrogens with one attached hydrogen (secondary N) is 1. The lowest BCUT2D eigenvalue weighted by Gasteiger charge is -2.32. The van der Waals surface area contributed by atoms with Crippen LogP contribution in [0.2, 0.25) is 0 Å². The van der Waals surface area contributed by atoms with Gasteiger partial charge in [-0.05, 0) is 123 Å². The number of anilines is 2. The zero-order chi connectivity index (χ0) is 41.2. The molecular formula is C60H46N2. The van der Waals surface area contributed by atoms with Gasteiger partial charge in [0.2, 0.25) is 0 Å². The molecule has 296 valence electrons. The molecule has 62 heavy (non-hydrogen) atoms. The molecule has 2 aliphatic rings. The molecule has 1 aromatic heterocycles. The maximum absolute atomic E-state index is 3.66. The van der Waals surface area contributed by atoms with E-state index in [1.165, 1.54) is 77.7 Å². The molecule has 1 atom stereocenters. The Labute approximate surface area is 364 Å². The number of allylic oxidation sites excluding steroid dienone is 8. The molecule has 0 saturated heterocycles. The molecule has 1 N–H and O–H groups in total. The Hall–Kier alpha value is -7.68. The van der Waals surface area contributed by atoms with Gasteiger partial charge in [-0.2, -0.15) is 0 Å². The first kappa shape index (κ1) is 37.3. The highest BCUT2D eigenvalue weighted by Crippen LogP contribution is 2.43. The fourth-order valence-electron chi connectivity index (χ4n) is 9.52. The summed E-state index contributed by atoms with van der Waals surface area (Å²) in [6.45, 7) is 0. The van der Waals surface area contributed by atoms with Gasteiger partial charge >= 0.3 is 0 Å². The van der Waals surface area contributed by atoms with E-state index >= 15 is 0 Å². The van der Waals surface area contributed by atoms with Crippen LogP contribution in [0.3, 0.4) is 0 Å². The summed E-state index contributed by atoms with van der Waals surface area (Å²) in [6.07, 6.45) is 14.6. The number of benzene rings is 8. The van der Waals surface area contributed by atoms with Crippen LogP contribution >= 0.6 is 0 Å². The van der Waals surface area contributed by atoms with Crippen molar-refractivity contribution in [2.45, 2.75) is 25.2 Å². The van der Waals surface area contributed by atoms with Gasteiger partial charge in [-0.15, -0.1) is 0 Å². The lowest BCUT2D eigenvalue weighted by molar-refractivity contribution is 0.856. The zero-order valence-corrected chi connectivity index (χ0v) is 34.6. The van der Waals surface area contributed by atoms with E-state index in [-0.39, 0.29) is 0 Å². The molecule has 11 rings (SSSR count). The molecule has 0 saturated carbocycles. The quantitative estimate of drug-likeness (QED) is 0.154. The van der Waals surface area contributed by atoms with E-state index < -0.39 is 0 Å². The molecule has 8 aromatic carbocycles. The van der Waals surface area contributed by atoms with Crippen molar-refractivity contribution in [3.63, 3.8) is 0 Å². The molecule has 2 nitrogen and oxygen atoms in total. The van der Waals surface area contributed by atoms with Gasteiger partial charge in [-0.1, -0.05) is 182 Å². The highest BCUT2D eigenvalue weighted by atomic mass is 15.2. The topological polar surface area (TPSA) is 19.0 Å². The first-order valence-electron chi connectivity index (χ1n) is 21.8. The summed E-state index contributed by atoms with van der Waals surface area (Å²) in [4.78, 5) is 6.19. The van der Waals surface area contributed by atoms with Crippen LogP contribution < -0.4 is 4.90 Å². The molecule has 0 spiro atoms. The predicted molar refractivity (Wildman–Crippen MR) is 263 cm³/mol. The van der Waals surface area contributed by atoms with E-state index in [9.17, 15) is 0 Å². The lowest BCUT2D eigenvalue weighted by Crippen LogP contribution is -2.19. The molecule has 0 aliphatic heterocycles. The van der Waals surface area contributed by atoms with E-state index in [0.29, 0.717) is 5.92 Å². The average molecular weight is 795 g/mol. The third kappa shape index (κ3) is 7.20. The van der Waals surface area contributed by atoms with Crippen molar-refractivity contribution in [3.05, 3.63) is 253 Å². The standard InChI is InChI=1S/C60H46N2/c1-4-16-42(17-5-1)45-30-32-46(33-31-45)47-34-36-52(37-35-47)62(53-40-50(43-18-6-2-7-19-43)39-51(41-53)44-20-8-3-9-21-44)59-29-13-11-24-54(59)48-22-14-23-49(38-48)55-26-15-28-58-60(55)56-25-10-12-27-57(56)61-58/h1-12,14-28,30,32-41,45,61H,13,29,31H2. The number of rotatable bonds is 9. The second-order valence-corrected chi connectivity index (χ2v) is 16.4. The predicted octanol–water partition coefficient (Wildman–Crippen LogP) is 16.3. The van der Waals surface area contributed by atoms with E-state index in [1.807, 2.05) is 0 Å². The summed E-state index contributed by atoms with van der Waals surface area (Å²) in [5.41, 5.74) is 19.4. The van der Waals surface area contributed by atoms with Gasteiger partial charge in [0.15, 0.2) is 0 Å². The van der Waals surface area contributed by atoms with Gasteiger partial charge in [0.25, 0.3) is 0 Å². The summed E-state index contributed by atoms with van der Waals surface area (Å²) in [7, 11) is 0. The molecule has 9 aromatic rings. The van der Waals surface area contributed by atoms with Crippen LogP contribution in [-0.2, 0) is 0 Å². The molecule has 0 fully saturated rings. The number of aromatic nitrogens is 1. The molecule has 2 heteroatoms. The van der Waals surface area contributed by atoms with Crippen molar-refractivity contribution in [2.24, 2.45) is 0 Å². The number of H-pyrrole nitrogens is 1. The highest BCUT2D eigenvalue weighted by Gasteiger charge is 2.23. The van der Waals surface area contributed by atoms with Crippen molar-refractivity contribution >= 4 is 44.3 Å². The Morgan fingerprint density at radius 2 is 1.10 bits per heavy atom. The Morgan fingerprint density at radius 1 is 0.468 bits per heavy atom. The van der Waals surface area contributed by atoms with Crippen LogP contribution in [0.1, 0.15) is 41.9 Å². The van der Waals surface area contributed by atoms with E-state index in [1.54, 1.807) is 0 Å². The van der Waals surface area contributed by atoms with E-state index in [2.05, 4.69) is 240 Å². The van der Waals surface area contributed by atoms with Gasteiger partial charge in [-0.25, -0.2) is 0 Å². The Bertz CT molecular complexity index is 3120. The maximum atomic E-state index is 3.66. The van der Waals surface area contributed by atoms with E-state index in [0.717, 1.165) is 41.7 Å². The molecule has 0 radical (unpaired) electrons. The van der Waals surface area contributed by atoms with Crippen LogP contribution in [0.15, 0.2) is 236 Å². The third-order valence-corrected chi connectivity index (χ3v) is 12.6. The van der Waals surface area contributed by atoms with Crippen LogP contribution in [0.5, 0.6) is 0 Å². The third-order valence-electron chi connectivity index (χ3n) is 12.6. The molecule has 1 unspecified atom stereocenters. The first-order valence-corrected chi connectivity index (χ1v) is 21.8. The molecule has 1 heterocycles. The zero-order valence-electron chi connectivity index (χ0n) is 34.6. The summed E-state index contributed by atoms with van der Waals surface area (Å²) >= 11 is 0. The number of hydrogen-bond donors (Lipinski definition) is 1. The number of hydrogen-bond acceptors (Lipinski definition) is 1. The SMILES string of the molecule is C1=CC(c2cccc(-c3cccc4[nH]c5ccccc5c34)c2)=C(N(c2ccc(C3=CCC(c4ccccc4)C=C3)cc2)c2cc(-c3ccccc3)cc(-c3ccccc3)c2)CC1. The second kappa shape index (κ2) is 16.4. The minimum atomic E-state index is 0.406. The first-order chi connectivity index (χ1) is 30.7. The summed E-state index contributed by atoms with van der Waals surface area (Å²) in [5, 5.41) is 2.51. The fourth-order valence-corrected chi connectivity index (χ4v) is 9.52. The molecule has 2 aliphatic carbocycles. The number of nitrogens with zero attached hydrogens (tertiary/aromatic N) is 1. The van der Waals surface area contributed by atoms with Crippen LogP contribution in [0, 0.1) is 0 Å². The van der Waals surface area contributed by atoms with Gasteiger partial charge in [0, 0.05) is 50.4 Å². The van der Waals surface area contributed by atoms with Crippen molar-refractivity contribution in [2.75, 3.05) is 4.90 Å². The molecule has 0 amide bonds. The van der Waals surface area contributed by atoms with Crippen LogP contribution in [0.25, 0.3) is 66.3 Å². The van der Waals surface area contributed by atoms with Crippen LogP contribution in [-0.4, -0.2) is 4.98 Å². The van der Waals surface area contributed by atoms with Crippen molar-refractivity contribution < 1.29 is 0 Å². The Balaban J connectivity index is 1.06. The summed E-state index contributed by atoms with van der Waals surface area (Å²) in [5.74, 6) is 0.406. The largest absolute Gasteiger partial charge is 0.354 e. The Kier molecular flexibility index (Phi) is 9.88. The number of fused-ring (bicyclic) bond motifs is 3. The second-order valence-electron chi connectivity index (χ2n) is 16.4. The van der Waals surface area contributed by atoms with Gasteiger partial charge in [0.1, 0.15) is 0 Å². The van der Waals surface area contributed by atoms with Crippen LogP contribution in [0.4, 0.5) is 11.4 Å². The van der Waals surface area contributed by atoms with Crippen molar-refractivity contribution in [3.8, 4) is 33.4 Å². The molecular weight excluding hydrogens is 749 g/mol. The van der Waals surface area contributed by atoms with Crippen molar-refractivity contribution in [1.82, 2.24) is 4.98 Å². The normalized spacial score (nSPS) is 15.0. The highest BCUT2D eigenvalue weighted by molar-refractivity contribution is 6.14. The van der Waals surface area contributed by atoms with Crippen molar-refractivity contribution in [1.29, 1.82) is 0 Å².